The molecule has 1 unspecified atom stereocenters. The number of amides is 2. The molecule has 1 aliphatic rings. The average Bonchev–Trinajstić information content (AvgIpc) is 3.34. The number of ketones is 1. The van der Waals surface area contributed by atoms with Crippen molar-refractivity contribution in [2.45, 2.75) is 84.9 Å². The summed E-state index contributed by atoms with van der Waals surface area (Å²) in [4.78, 5) is 55.9. The van der Waals surface area contributed by atoms with Gasteiger partial charge in [-0.05, 0) is 40.0 Å². The Morgan fingerprint density at radius 2 is 1.37 bits per heavy atom. The Morgan fingerprint density at radius 1 is 0.826 bits per heavy atom. The third-order valence-electron chi connectivity index (χ3n) is 9.63. The first-order chi connectivity index (χ1) is 21.7. The minimum absolute atomic E-state index is 0.0372. The van der Waals surface area contributed by atoms with Gasteiger partial charge in [0.25, 0.3) is 0 Å². The van der Waals surface area contributed by atoms with Crippen molar-refractivity contribution >= 4 is 23.8 Å². The lowest BCUT2D eigenvalue weighted by atomic mass is 9.83. The van der Waals surface area contributed by atoms with Crippen molar-refractivity contribution in [2.24, 2.45) is 23.7 Å². The highest BCUT2D eigenvalue weighted by molar-refractivity contribution is 5.92. The Bertz CT molecular complexity index is 1330. The monoisotopic (exact) mass is 636 g/mol. The highest BCUT2D eigenvalue weighted by Crippen LogP contribution is 2.44. The molecular formula is C37H52N2O7. The molecule has 3 rings (SSSR count). The smallest absolute Gasteiger partial charge is 0.410 e. The Labute approximate surface area is 274 Å². The van der Waals surface area contributed by atoms with Gasteiger partial charge >= 0.3 is 12.1 Å². The third-order valence-corrected chi connectivity index (χ3v) is 9.63. The van der Waals surface area contributed by atoms with Crippen LogP contribution < -0.4 is 0 Å². The number of likely N-dealkylation sites (N-methyl/N-ethyl adjacent to an activating group) is 2. The Morgan fingerprint density at radius 3 is 1.83 bits per heavy atom. The van der Waals surface area contributed by atoms with Gasteiger partial charge in [0, 0.05) is 39.5 Å². The van der Waals surface area contributed by atoms with Crippen LogP contribution >= 0.6 is 0 Å². The molecule has 0 aliphatic heterocycles. The molecule has 252 valence electrons. The number of carbonyl (C=O) groups is 4. The highest BCUT2D eigenvalue weighted by Gasteiger charge is 2.40. The SMILES string of the molecule is CC[C@H](C)[C@@H]([C@@H](CC(=O)O)OC)N(C)C(=O)[C@@H](CC(=O)C(C(C)C)N(C)C(=O)OCC1c2ccccc2-c2ccccc21)C(C)C. The summed E-state index contributed by atoms with van der Waals surface area (Å²) in [6, 6.07) is 14.9. The van der Waals surface area contributed by atoms with E-state index in [4.69, 9.17) is 9.47 Å². The molecule has 0 spiro atoms. The Balaban J connectivity index is 1.76. The van der Waals surface area contributed by atoms with E-state index in [2.05, 4.69) is 24.3 Å². The Hall–Kier alpha value is -3.72. The zero-order valence-corrected chi connectivity index (χ0v) is 28.9. The lowest BCUT2D eigenvalue weighted by Gasteiger charge is -2.39. The van der Waals surface area contributed by atoms with Gasteiger partial charge in [0.15, 0.2) is 5.78 Å². The van der Waals surface area contributed by atoms with Crippen LogP contribution in [-0.2, 0) is 23.9 Å². The summed E-state index contributed by atoms with van der Waals surface area (Å²) in [6.45, 7) is 11.6. The van der Waals surface area contributed by atoms with Crippen molar-refractivity contribution in [1.29, 1.82) is 0 Å². The van der Waals surface area contributed by atoms with Crippen LogP contribution in [-0.4, -0.2) is 84.7 Å². The molecule has 46 heavy (non-hydrogen) atoms. The van der Waals surface area contributed by atoms with Gasteiger partial charge < -0.3 is 24.4 Å². The first kappa shape index (κ1) is 36.7. The average molecular weight is 637 g/mol. The maximum absolute atomic E-state index is 14.0. The fourth-order valence-electron chi connectivity index (χ4n) is 6.95. The molecule has 0 fully saturated rings. The molecule has 1 N–H and O–H groups in total. The van der Waals surface area contributed by atoms with E-state index in [0.29, 0.717) is 6.42 Å². The van der Waals surface area contributed by atoms with Crippen LogP contribution in [0.15, 0.2) is 48.5 Å². The normalized spacial score (nSPS) is 15.8. The van der Waals surface area contributed by atoms with Crippen LogP contribution in [0.25, 0.3) is 11.1 Å². The predicted octanol–water partition coefficient (Wildman–Crippen LogP) is 6.49. The number of fused-ring (bicyclic) bond motifs is 3. The molecule has 0 radical (unpaired) electrons. The predicted molar refractivity (Wildman–Crippen MR) is 178 cm³/mol. The second-order valence-electron chi connectivity index (χ2n) is 13.3. The van der Waals surface area contributed by atoms with Crippen LogP contribution in [0.3, 0.4) is 0 Å². The number of ether oxygens (including phenoxy) is 2. The summed E-state index contributed by atoms with van der Waals surface area (Å²) in [7, 11) is 4.70. The van der Waals surface area contributed by atoms with Crippen LogP contribution in [0.4, 0.5) is 4.79 Å². The number of carbonyl (C=O) groups excluding carboxylic acids is 3. The van der Waals surface area contributed by atoms with Gasteiger partial charge in [-0.25, -0.2) is 4.79 Å². The molecule has 9 heteroatoms. The second kappa shape index (κ2) is 16.2. The van der Waals surface area contributed by atoms with Gasteiger partial charge in [-0.1, -0.05) is 96.5 Å². The second-order valence-corrected chi connectivity index (χ2v) is 13.3. The van der Waals surface area contributed by atoms with Gasteiger partial charge in [0.1, 0.15) is 6.61 Å². The van der Waals surface area contributed by atoms with Gasteiger partial charge in [0.05, 0.1) is 24.6 Å². The molecule has 2 aromatic carbocycles. The van der Waals surface area contributed by atoms with Gasteiger partial charge in [-0.3, -0.25) is 14.4 Å². The van der Waals surface area contributed by atoms with E-state index in [1.165, 1.54) is 12.0 Å². The topological polar surface area (TPSA) is 113 Å². The lowest BCUT2D eigenvalue weighted by molar-refractivity contribution is -0.149. The zero-order chi connectivity index (χ0) is 34.3. The van der Waals surface area contributed by atoms with Gasteiger partial charge in [-0.2, -0.15) is 0 Å². The largest absolute Gasteiger partial charge is 0.481 e. The molecular weight excluding hydrogens is 584 g/mol. The van der Waals surface area contributed by atoms with Crippen molar-refractivity contribution in [2.75, 3.05) is 27.8 Å². The molecule has 0 aromatic heterocycles. The van der Waals surface area contributed by atoms with Gasteiger partial charge in [0.2, 0.25) is 5.91 Å². The molecule has 2 amide bonds. The summed E-state index contributed by atoms with van der Waals surface area (Å²) >= 11 is 0. The van der Waals surface area contributed by atoms with Crippen molar-refractivity contribution in [3.63, 3.8) is 0 Å². The molecule has 0 bridgehead atoms. The third kappa shape index (κ3) is 8.16. The molecule has 2 aromatic rings. The fraction of sp³-hybridized carbons (Fsp3) is 0.568. The summed E-state index contributed by atoms with van der Waals surface area (Å²) in [6.07, 6.45) is -0.878. The highest BCUT2D eigenvalue weighted by atomic mass is 16.6. The van der Waals surface area contributed by atoms with E-state index in [1.54, 1.807) is 19.0 Å². The minimum atomic E-state index is -1.01. The van der Waals surface area contributed by atoms with E-state index in [0.717, 1.165) is 22.3 Å². The number of methoxy groups -OCH3 is 1. The van der Waals surface area contributed by atoms with Crippen molar-refractivity contribution in [3.05, 3.63) is 59.7 Å². The molecule has 0 saturated carbocycles. The maximum Gasteiger partial charge on any atom is 0.410 e. The molecule has 0 saturated heterocycles. The number of nitrogens with zero attached hydrogens (tertiary/aromatic N) is 2. The zero-order valence-electron chi connectivity index (χ0n) is 28.9. The minimum Gasteiger partial charge on any atom is -0.481 e. The van der Waals surface area contributed by atoms with Crippen molar-refractivity contribution in [3.8, 4) is 11.1 Å². The number of rotatable bonds is 16. The van der Waals surface area contributed by atoms with Crippen LogP contribution in [0, 0.1) is 23.7 Å². The summed E-state index contributed by atoms with van der Waals surface area (Å²) in [5.41, 5.74) is 4.47. The van der Waals surface area contributed by atoms with Gasteiger partial charge in [-0.15, -0.1) is 0 Å². The molecule has 9 nitrogen and oxygen atoms in total. The van der Waals surface area contributed by atoms with E-state index in [-0.39, 0.29) is 54.8 Å². The van der Waals surface area contributed by atoms with E-state index in [1.807, 2.05) is 65.8 Å². The van der Waals surface area contributed by atoms with E-state index in [9.17, 15) is 24.3 Å². The number of carboxylic acid groups (broad SMARTS) is 1. The summed E-state index contributed by atoms with van der Waals surface area (Å²) in [5.74, 6) is -2.68. The standard InChI is InChI=1S/C37H52N2O7/c1-10-24(6)35(32(45-9)20-33(41)42)38(7)36(43)29(22(2)3)19-31(40)34(23(4)5)39(8)37(44)46-21-30-27-17-13-11-15-25(27)26-16-12-14-18-28(26)30/h11-18,22-24,29-30,32,34-35H,10,19-21H2,1-9H3,(H,41,42)/t24-,29-,32+,34?,35-/m0/s1. The molecule has 5 atom stereocenters. The maximum atomic E-state index is 14.0. The molecule has 0 heterocycles. The first-order valence-electron chi connectivity index (χ1n) is 16.4. The number of Topliss-reactive ketones (excluding diaryl/α,β-unsaturated/α-hetero) is 1. The van der Waals surface area contributed by atoms with Crippen molar-refractivity contribution < 1.29 is 33.8 Å². The number of benzene rings is 2. The number of hydrogen-bond acceptors (Lipinski definition) is 6. The quantitative estimate of drug-likeness (QED) is 0.224. The first-order valence-corrected chi connectivity index (χ1v) is 16.4. The number of carboxylic acids is 1. The Kier molecular flexibility index (Phi) is 12.9. The number of aliphatic carboxylic acids is 1. The van der Waals surface area contributed by atoms with Crippen LogP contribution in [0.2, 0.25) is 0 Å². The van der Waals surface area contributed by atoms with Crippen LogP contribution in [0.5, 0.6) is 0 Å². The van der Waals surface area contributed by atoms with E-state index >= 15 is 0 Å². The fourth-order valence-corrected chi connectivity index (χ4v) is 6.95. The van der Waals surface area contributed by atoms with Crippen LogP contribution in [0.1, 0.15) is 77.8 Å². The molecule has 1 aliphatic carbocycles. The summed E-state index contributed by atoms with van der Waals surface area (Å²) < 4.78 is 11.4. The lowest BCUT2D eigenvalue weighted by Crippen LogP contribution is -2.53. The number of hydrogen-bond donors (Lipinski definition) is 1. The summed E-state index contributed by atoms with van der Waals surface area (Å²) in [5, 5.41) is 9.48. The van der Waals surface area contributed by atoms with Crippen molar-refractivity contribution in [1.82, 2.24) is 9.80 Å². The van der Waals surface area contributed by atoms with E-state index < -0.39 is 36.2 Å².